The lowest BCUT2D eigenvalue weighted by atomic mass is 10.1. The van der Waals surface area contributed by atoms with Crippen LogP contribution in [-0.2, 0) is 44.3 Å². The molecule has 228 valence electrons. The van der Waals surface area contributed by atoms with E-state index >= 15 is 0 Å². The van der Waals surface area contributed by atoms with Gasteiger partial charge in [0.05, 0.1) is 49.6 Å². The number of methoxy groups -OCH3 is 1. The topological polar surface area (TPSA) is 94.0 Å². The first-order valence-electron chi connectivity index (χ1n) is 13.3. The summed E-state index contributed by atoms with van der Waals surface area (Å²) >= 11 is 6.21. The number of aromatic nitrogens is 2. The number of benzene rings is 2. The van der Waals surface area contributed by atoms with E-state index in [1.165, 1.54) is 22.8 Å². The Bertz CT molecular complexity index is 1460. The number of nitrogens with zero attached hydrogens (tertiary/aromatic N) is 4. The molecule has 0 N–H and O–H groups in total. The van der Waals surface area contributed by atoms with Crippen molar-refractivity contribution in [3.63, 3.8) is 0 Å². The summed E-state index contributed by atoms with van der Waals surface area (Å²) < 4.78 is 78.4. The van der Waals surface area contributed by atoms with Gasteiger partial charge in [-0.1, -0.05) is 29.8 Å². The zero-order valence-corrected chi connectivity index (χ0v) is 24.6. The maximum absolute atomic E-state index is 13.6. The molecular formula is C28H32ClF3N4O5S. The van der Waals surface area contributed by atoms with Crippen LogP contribution in [0.2, 0.25) is 5.02 Å². The fourth-order valence-corrected chi connectivity index (χ4v) is 6.42. The quantitative estimate of drug-likeness (QED) is 0.298. The summed E-state index contributed by atoms with van der Waals surface area (Å²) in [6.45, 7) is 3.52. The Balaban J connectivity index is 1.64. The first-order chi connectivity index (χ1) is 20.0. The summed E-state index contributed by atoms with van der Waals surface area (Å²) in [4.78, 5) is 21.4. The molecule has 1 aliphatic rings. The van der Waals surface area contributed by atoms with E-state index in [0.29, 0.717) is 49.1 Å². The predicted molar refractivity (Wildman–Crippen MR) is 150 cm³/mol. The number of sulfone groups is 1. The van der Waals surface area contributed by atoms with Crippen LogP contribution in [0.4, 0.5) is 13.2 Å². The van der Waals surface area contributed by atoms with Gasteiger partial charge >= 0.3 is 6.18 Å². The second kappa shape index (κ2) is 14.0. The average Bonchev–Trinajstić information content (AvgIpc) is 3.38. The van der Waals surface area contributed by atoms with Crippen LogP contribution in [-0.4, -0.2) is 86.8 Å². The second-order valence-electron chi connectivity index (χ2n) is 9.78. The van der Waals surface area contributed by atoms with Gasteiger partial charge in [0.25, 0.3) is 5.91 Å². The number of imidazole rings is 1. The van der Waals surface area contributed by atoms with Gasteiger partial charge in [-0.3, -0.25) is 9.69 Å². The second-order valence-corrected chi connectivity index (χ2v) is 12.1. The summed E-state index contributed by atoms with van der Waals surface area (Å²) in [6.07, 6.45) is -3.13. The monoisotopic (exact) mass is 628 g/mol. The predicted octanol–water partition coefficient (Wildman–Crippen LogP) is 4.15. The van der Waals surface area contributed by atoms with Crippen LogP contribution < -0.4 is 0 Å². The van der Waals surface area contributed by atoms with Crippen LogP contribution in [0.15, 0.2) is 59.9 Å². The number of carbonyl (C=O) groups is 1. The van der Waals surface area contributed by atoms with E-state index in [1.54, 1.807) is 24.3 Å². The molecule has 1 fully saturated rings. The summed E-state index contributed by atoms with van der Waals surface area (Å²) in [5.74, 6) is -0.863. The maximum Gasteiger partial charge on any atom is 0.416 e. The molecule has 4 rings (SSSR count). The van der Waals surface area contributed by atoms with E-state index in [2.05, 4.69) is 9.88 Å². The van der Waals surface area contributed by atoms with Gasteiger partial charge in [0.1, 0.15) is 0 Å². The summed E-state index contributed by atoms with van der Waals surface area (Å²) in [6, 6.07) is 10.7. The molecule has 1 saturated heterocycles. The third-order valence-corrected chi connectivity index (χ3v) is 8.83. The highest BCUT2D eigenvalue weighted by Crippen LogP contribution is 2.29. The molecule has 1 aliphatic heterocycles. The van der Waals surface area contributed by atoms with Crippen molar-refractivity contribution in [1.29, 1.82) is 0 Å². The lowest BCUT2D eigenvalue weighted by Gasteiger charge is -2.30. The van der Waals surface area contributed by atoms with Gasteiger partial charge in [-0.25, -0.2) is 13.4 Å². The number of morpholine rings is 1. The SMILES string of the molecule is COCCn1c(CN(CCN2CCOCC2)C(=O)c2ccc(C(F)(F)F)cc2)cnc1S(=O)(=O)Cc1ccccc1Cl. The smallest absolute Gasteiger partial charge is 0.383 e. The van der Waals surface area contributed by atoms with Crippen molar-refractivity contribution < 1.29 is 35.9 Å². The fourth-order valence-electron chi connectivity index (χ4n) is 4.59. The molecule has 1 aromatic heterocycles. The van der Waals surface area contributed by atoms with Crippen molar-refractivity contribution >= 4 is 27.3 Å². The number of rotatable bonds is 12. The van der Waals surface area contributed by atoms with Crippen molar-refractivity contribution in [1.82, 2.24) is 19.4 Å². The zero-order valence-electron chi connectivity index (χ0n) is 23.0. The van der Waals surface area contributed by atoms with Gasteiger partial charge in [0.15, 0.2) is 0 Å². The van der Waals surface area contributed by atoms with Crippen molar-refractivity contribution in [3.05, 3.63) is 82.1 Å². The van der Waals surface area contributed by atoms with Crippen molar-refractivity contribution in [2.24, 2.45) is 0 Å². The molecule has 0 aliphatic carbocycles. The molecule has 0 atom stereocenters. The minimum atomic E-state index is -4.53. The minimum Gasteiger partial charge on any atom is -0.383 e. The molecule has 0 saturated carbocycles. The number of ether oxygens (including phenoxy) is 2. The summed E-state index contributed by atoms with van der Waals surface area (Å²) in [7, 11) is -2.47. The van der Waals surface area contributed by atoms with E-state index in [4.69, 9.17) is 21.1 Å². The van der Waals surface area contributed by atoms with Gasteiger partial charge in [-0.2, -0.15) is 13.2 Å². The highest BCUT2D eigenvalue weighted by Gasteiger charge is 2.31. The molecule has 9 nitrogen and oxygen atoms in total. The van der Waals surface area contributed by atoms with Crippen molar-refractivity contribution in [3.8, 4) is 0 Å². The Morgan fingerprint density at radius 2 is 1.79 bits per heavy atom. The van der Waals surface area contributed by atoms with E-state index < -0.39 is 27.5 Å². The number of alkyl halides is 3. The molecular weight excluding hydrogens is 597 g/mol. The molecule has 2 heterocycles. The Hall–Kier alpha value is -2.97. The Morgan fingerprint density at radius 1 is 1.10 bits per heavy atom. The molecule has 0 radical (unpaired) electrons. The molecule has 0 bridgehead atoms. The highest BCUT2D eigenvalue weighted by atomic mass is 35.5. The Labute approximate surface area is 247 Å². The van der Waals surface area contributed by atoms with Crippen LogP contribution in [0.5, 0.6) is 0 Å². The molecule has 0 unspecified atom stereocenters. The highest BCUT2D eigenvalue weighted by molar-refractivity contribution is 7.90. The van der Waals surface area contributed by atoms with Gasteiger partial charge in [-0.05, 0) is 35.9 Å². The van der Waals surface area contributed by atoms with Gasteiger partial charge < -0.3 is 18.9 Å². The normalized spacial score (nSPS) is 14.7. The van der Waals surface area contributed by atoms with E-state index in [9.17, 15) is 26.4 Å². The fraction of sp³-hybridized carbons (Fsp3) is 0.429. The van der Waals surface area contributed by atoms with Crippen LogP contribution >= 0.6 is 11.6 Å². The molecule has 42 heavy (non-hydrogen) atoms. The standard InChI is InChI=1S/C28H32ClF3N4O5S/c1-40-15-14-36-24(18-33-27(36)42(38,39)20-22-4-2-3-5-25(22)29)19-35(11-10-34-12-16-41-17-13-34)26(37)21-6-8-23(9-7-21)28(30,31)32/h2-9,18H,10-17,19-20H2,1H3. The first kappa shape index (κ1) is 32.0. The lowest BCUT2D eigenvalue weighted by molar-refractivity contribution is -0.137. The summed E-state index contributed by atoms with van der Waals surface area (Å²) in [5, 5.41) is 0.123. The van der Waals surface area contributed by atoms with Crippen molar-refractivity contribution in [2.75, 3.05) is 53.1 Å². The number of carbonyl (C=O) groups excluding carboxylic acids is 1. The zero-order chi connectivity index (χ0) is 30.3. The van der Waals surface area contributed by atoms with Crippen LogP contribution in [0.1, 0.15) is 27.2 Å². The molecule has 2 aromatic carbocycles. The van der Waals surface area contributed by atoms with E-state index in [1.807, 2.05) is 0 Å². The van der Waals surface area contributed by atoms with E-state index in [-0.39, 0.29) is 42.7 Å². The number of halogens is 4. The molecule has 3 aromatic rings. The van der Waals surface area contributed by atoms with Crippen molar-refractivity contribution in [2.45, 2.75) is 30.2 Å². The first-order valence-corrected chi connectivity index (χ1v) is 15.3. The largest absolute Gasteiger partial charge is 0.416 e. The lowest BCUT2D eigenvalue weighted by Crippen LogP contribution is -2.43. The van der Waals surface area contributed by atoms with Crippen LogP contribution in [0.25, 0.3) is 0 Å². The summed E-state index contributed by atoms with van der Waals surface area (Å²) in [5.41, 5.74) is 0.0862. The number of hydrogen-bond donors (Lipinski definition) is 0. The molecule has 1 amide bonds. The number of amides is 1. The molecule has 0 spiro atoms. The maximum atomic E-state index is 13.6. The van der Waals surface area contributed by atoms with Crippen LogP contribution in [0.3, 0.4) is 0 Å². The van der Waals surface area contributed by atoms with Gasteiger partial charge in [0, 0.05) is 50.4 Å². The van der Waals surface area contributed by atoms with Gasteiger partial charge in [0.2, 0.25) is 15.0 Å². The Morgan fingerprint density at radius 3 is 2.43 bits per heavy atom. The third-order valence-electron chi connectivity index (χ3n) is 6.89. The minimum absolute atomic E-state index is 0.0253. The Kier molecular flexibility index (Phi) is 10.7. The van der Waals surface area contributed by atoms with Crippen LogP contribution in [0, 0.1) is 0 Å². The third kappa shape index (κ3) is 8.10. The number of hydrogen-bond acceptors (Lipinski definition) is 7. The van der Waals surface area contributed by atoms with E-state index in [0.717, 1.165) is 24.3 Å². The van der Waals surface area contributed by atoms with Gasteiger partial charge in [-0.15, -0.1) is 0 Å². The average molecular weight is 629 g/mol. The molecule has 14 heteroatoms.